The van der Waals surface area contributed by atoms with Crippen molar-refractivity contribution in [2.45, 2.75) is 111 Å². The van der Waals surface area contributed by atoms with Crippen LogP contribution in [0.3, 0.4) is 0 Å². The van der Waals surface area contributed by atoms with Gasteiger partial charge in [0.2, 0.25) is 0 Å². The van der Waals surface area contributed by atoms with Crippen molar-refractivity contribution in [1.82, 2.24) is 15.2 Å². The molecular formula is C34H51N3O7S. The lowest BCUT2D eigenvalue weighted by Gasteiger charge is -2.34. The van der Waals surface area contributed by atoms with Crippen molar-refractivity contribution in [3.63, 3.8) is 0 Å². The maximum atomic E-state index is 13.9. The minimum absolute atomic E-state index is 0.00317. The van der Waals surface area contributed by atoms with E-state index in [0.29, 0.717) is 17.8 Å². The predicted molar refractivity (Wildman–Crippen MR) is 175 cm³/mol. The van der Waals surface area contributed by atoms with Crippen LogP contribution in [0.4, 0.5) is 4.79 Å². The maximum absolute atomic E-state index is 13.9. The second-order valence-electron chi connectivity index (χ2n) is 13.2. The average molecular weight is 646 g/mol. The summed E-state index contributed by atoms with van der Waals surface area (Å²) in [5.41, 5.74) is 0.609. The second-order valence-corrected chi connectivity index (χ2v) is 14.2. The second kappa shape index (κ2) is 16.7. The van der Waals surface area contributed by atoms with E-state index in [-0.39, 0.29) is 47.9 Å². The van der Waals surface area contributed by atoms with Crippen molar-refractivity contribution in [2.24, 2.45) is 11.8 Å². The van der Waals surface area contributed by atoms with Crippen molar-refractivity contribution in [3.05, 3.63) is 51.5 Å². The first-order valence-corrected chi connectivity index (χ1v) is 16.3. The molecule has 45 heavy (non-hydrogen) atoms. The molecule has 0 fully saturated rings. The van der Waals surface area contributed by atoms with Crippen molar-refractivity contribution in [2.75, 3.05) is 14.2 Å². The quantitative estimate of drug-likeness (QED) is 0.178. The maximum Gasteiger partial charge on any atom is 0.410 e. The first-order chi connectivity index (χ1) is 20.9. The standard InChI is InChI=1S/C34H51N3O7S/c1-20(2)26(37(10)33(41)44-34(7,8)9)19-27(43-23(6)38)31-36-28(29(45-31)21(3)4)30(39)35-25(17-22(5)32(40)42-11)18-24-15-13-12-14-16-24/h12-16,20-22,25-27H,17-19H2,1-11H3,(H,35,39)/t22-,25+,26+,27?/m0/s1. The highest BCUT2D eigenvalue weighted by molar-refractivity contribution is 7.12. The molecule has 2 rings (SSSR count). The first kappa shape index (κ1) is 37.7. The zero-order valence-corrected chi connectivity index (χ0v) is 29.4. The molecule has 2 aromatic rings. The lowest BCUT2D eigenvalue weighted by Crippen LogP contribution is -2.44. The van der Waals surface area contributed by atoms with Gasteiger partial charge in [0.05, 0.1) is 13.0 Å². The summed E-state index contributed by atoms with van der Waals surface area (Å²) in [6.07, 6.45) is -0.0965. The predicted octanol–water partition coefficient (Wildman–Crippen LogP) is 6.69. The van der Waals surface area contributed by atoms with Crippen LogP contribution in [0.25, 0.3) is 0 Å². The smallest absolute Gasteiger partial charge is 0.410 e. The lowest BCUT2D eigenvalue weighted by molar-refractivity contribution is -0.148. The highest BCUT2D eigenvalue weighted by Gasteiger charge is 2.34. The van der Waals surface area contributed by atoms with E-state index < -0.39 is 29.7 Å². The van der Waals surface area contributed by atoms with Gasteiger partial charge in [-0.05, 0) is 51.0 Å². The third-order valence-corrected chi connectivity index (χ3v) is 8.75. The molecule has 1 aromatic heterocycles. The topological polar surface area (TPSA) is 124 Å². The van der Waals surface area contributed by atoms with Gasteiger partial charge in [-0.3, -0.25) is 14.4 Å². The molecular weight excluding hydrogens is 594 g/mol. The van der Waals surface area contributed by atoms with Crippen molar-refractivity contribution in [3.8, 4) is 0 Å². The van der Waals surface area contributed by atoms with Crippen LogP contribution < -0.4 is 5.32 Å². The van der Waals surface area contributed by atoms with Gasteiger partial charge < -0.3 is 24.4 Å². The molecule has 0 saturated heterocycles. The Kier molecular flexibility index (Phi) is 14.0. The normalized spacial score (nSPS) is 14.3. The van der Waals surface area contributed by atoms with Crippen LogP contribution in [0.15, 0.2) is 30.3 Å². The molecule has 250 valence electrons. The number of carbonyl (C=O) groups excluding carboxylic acids is 4. The summed E-state index contributed by atoms with van der Waals surface area (Å²) in [4.78, 5) is 58.3. The Morgan fingerprint density at radius 2 is 1.62 bits per heavy atom. The van der Waals surface area contributed by atoms with Gasteiger partial charge in [0, 0.05) is 37.4 Å². The minimum Gasteiger partial charge on any atom is -0.469 e. The summed E-state index contributed by atoms with van der Waals surface area (Å²) in [6.45, 7) is 16.4. The van der Waals surface area contributed by atoms with Crippen LogP contribution in [-0.4, -0.2) is 65.7 Å². The number of nitrogens with zero attached hydrogens (tertiary/aromatic N) is 2. The highest BCUT2D eigenvalue weighted by atomic mass is 32.1. The van der Waals surface area contributed by atoms with Gasteiger partial charge >= 0.3 is 18.0 Å². The molecule has 0 bridgehead atoms. The molecule has 0 aliphatic rings. The van der Waals surface area contributed by atoms with Crippen LogP contribution >= 0.6 is 11.3 Å². The highest BCUT2D eigenvalue weighted by Crippen LogP contribution is 2.35. The first-order valence-electron chi connectivity index (χ1n) is 15.5. The number of aromatic nitrogens is 1. The van der Waals surface area contributed by atoms with Crippen LogP contribution in [0.5, 0.6) is 0 Å². The summed E-state index contributed by atoms with van der Waals surface area (Å²) in [7, 11) is 3.02. The molecule has 1 N–H and O–H groups in total. The van der Waals surface area contributed by atoms with Crippen molar-refractivity contribution in [1.29, 1.82) is 0 Å². The summed E-state index contributed by atoms with van der Waals surface area (Å²) in [5, 5.41) is 3.59. The number of hydrogen-bond donors (Lipinski definition) is 1. The monoisotopic (exact) mass is 645 g/mol. The number of benzene rings is 1. The van der Waals surface area contributed by atoms with Gasteiger partial charge in [-0.15, -0.1) is 11.3 Å². The molecule has 0 saturated carbocycles. The van der Waals surface area contributed by atoms with Gasteiger partial charge in [-0.2, -0.15) is 0 Å². The Balaban J connectivity index is 2.44. The zero-order valence-electron chi connectivity index (χ0n) is 28.6. The molecule has 4 atom stereocenters. The Bertz CT molecular complexity index is 1290. The third-order valence-electron chi connectivity index (χ3n) is 7.30. The van der Waals surface area contributed by atoms with E-state index in [1.165, 1.54) is 30.3 Å². The average Bonchev–Trinajstić information content (AvgIpc) is 3.40. The van der Waals surface area contributed by atoms with Gasteiger partial charge in [-0.1, -0.05) is 65.0 Å². The summed E-state index contributed by atoms with van der Waals surface area (Å²) < 4.78 is 16.3. The van der Waals surface area contributed by atoms with Crippen LogP contribution in [0.2, 0.25) is 0 Å². The third kappa shape index (κ3) is 11.8. The summed E-state index contributed by atoms with van der Waals surface area (Å²) in [6, 6.07) is 9.04. The number of thiazole rings is 1. The number of hydrogen-bond acceptors (Lipinski definition) is 9. The van der Waals surface area contributed by atoms with Gasteiger partial charge in [-0.25, -0.2) is 9.78 Å². The Morgan fingerprint density at radius 1 is 1.00 bits per heavy atom. The molecule has 0 spiro atoms. The molecule has 0 aliphatic heterocycles. The number of esters is 2. The van der Waals surface area contributed by atoms with E-state index in [0.717, 1.165) is 10.4 Å². The largest absolute Gasteiger partial charge is 0.469 e. The Morgan fingerprint density at radius 3 is 2.13 bits per heavy atom. The zero-order chi connectivity index (χ0) is 34.1. The number of ether oxygens (including phenoxy) is 3. The molecule has 1 heterocycles. The molecule has 1 aromatic carbocycles. The van der Waals surface area contributed by atoms with Crippen molar-refractivity contribution < 1.29 is 33.4 Å². The SMILES string of the molecule is COC(=O)[C@@H](C)C[C@H](Cc1ccccc1)NC(=O)c1nc(C(C[C@H](C(C)C)N(C)C(=O)OC(C)(C)C)OC(C)=O)sc1C(C)C. The van der Waals surface area contributed by atoms with Gasteiger partial charge in [0.15, 0.2) is 6.10 Å². The van der Waals surface area contributed by atoms with Gasteiger partial charge in [0.25, 0.3) is 5.91 Å². The van der Waals surface area contributed by atoms with E-state index in [1.54, 1.807) is 34.7 Å². The number of rotatable bonds is 14. The fourth-order valence-electron chi connectivity index (χ4n) is 5.08. The number of amides is 2. The number of nitrogens with one attached hydrogen (secondary N) is 1. The fraction of sp³-hybridized carbons (Fsp3) is 0.618. The summed E-state index contributed by atoms with van der Waals surface area (Å²) >= 11 is 1.33. The Labute approximate surface area is 272 Å². The molecule has 10 nitrogen and oxygen atoms in total. The van der Waals surface area contributed by atoms with E-state index in [9.17, 15) is 19.2 Å². The molecule has 0 aliphatic carbocycles. The van der Waals surface area contributed by atoms with E-state index in [4.69, 9.17) is 19.2 Å². The van der Waals surface area contributed by atoms with E-state index >= 15 is 0 Å². The molecule has 0 radical (unpaired) electrons. The minimum atomic E-state index is -0.789. The van der Waals surface area contributed by atoms with Crippen molar-refractivity contribution >= 4 is 35.3 Å². The van der Waals surface area contributed by atoms with Crippen LogP contribution in [0.1, 0.15) is 113 Å². The molecule has 1 unspecified atom stereocenters. The molecule has 11 heteroatoms. The number of carbonyl (C=O) groups is 4. The fourth-order valence-corrected chi connectivity index (χ4v) is 6.19. The molecule has 2 amide bonds. The number of methoxy groups -OCH3 is 1. The van der Waals surface area contributed by atoms with E-state index in [2.05, 4.69) is 5.32 Å². The van der Waals surface area contributed by atoms with Crippen LogP contribution in [0, 0.1) is 11.8 Å². The van der Waals surface area contributed by atoms with Crippen LogP contribution in [-0.2, 0) is 30.2 Å². The lowest BCUT2D eigenvalue weighted by atomic mass is 9.95. The van der Waals surface area contributed by atoms with E-state index in [1.807, 2.05) is 58.0 Å². The Hall–Kier alpha value is -3.47. The summed E-state index contributed by atoms with van der Waals surface area (Å²) in [5.74, 6) is -1.67. The van der Waals surface area contributed by atoms with Gasteiger partial charge in [0.1, 0.15) is 16.3 Å².